The SMILES string of the molecule is Cc1cc2nc(-c3cc4c(C)nn(C)c4cn3)sc2c(-c2ccc(Cl)cc2)c1C(OC(C)(C)C)C(=O)O. The summed E-state index contributed by atoms with van der Waals surface area (Å²) in [5, 5.41) is 17.1. The molecule has 0 fully saturated rings. The van der Waals surface area contributed by atoms with Crippen LogP contribution in [0.15, 0.2) is 42.6 Å². The summed E-state index contributed by atoms with van der Waals surface area (Å²) in [4.78, 5) is 22.1. The second-order valence-electron chi connectivity index (χ2n) is 10.1. The van der Waals surface area contributed by atoms with Gasteiger partial charge in [0.05, 0.1) is 38.9 Å². The molecule has 1 unspecified atom stereocenters. The lowest BCUT2D eigenvalue weighted by Gasteiger charge is -2.28. The minimum Gasteiger partial charge on any atom is -0.479 e. The van der Waals surface area contributed by atoms with Crippen molar-refractivity contribution < 1.29 is 14.6 Å². The number of hydrogen-bond donors (Lipinski definition) is 1. The molecule has 1 N–H and O–H groups in total. The molecule has 7 nitrogen and oxygen atoms in total. The molecule has 1 atom stereocenters. The molecule has 0 radical (unpaired) electrons. The number of carbonyl (C=O) groups is 1. The largest absolute Gasteiger partial charge is 0.479 e. The number of thiazole rings is 1. The van der Waals surface area contributed by atoms with Gasteiger partial charge in [0.1, 0.15) is 5.01 Å². The molecule has 0 aliphatic rings. The molecule has 9 heteroatoms. The van der Waals surface area contributed by atoms with Crippen LogP contribution in [0, 0.1) is 13.8 Å². The van der Waals surface area contributed by atoms with Crippen molar-refractivity contribution >= 4 is 50.0 Å². The van der Waals surface area contributed by atoms with Crippen LogP contribution in [0.3, 0.4) is 0 Å². The zero-order valence-electron chi connectivity index (χ0n) is 21.5. The van der Waals surface area contributed by atoms with E-state index in [-0.39, 0.29) is 0 Å². The first-order valence-electron chi connectivity index (χ1n) is 11.8. The van der Waals surface area contributed by atoms with Crippen LogP contribution in [0.4, 0.5) is 0 Å². The molecule has 0 bridgehead atoms. The summed E-state index contributed by atoms with van der Waals surface area (Å²) in [7, 11) is 1.90. The number of aliphatic carboxylic acids is 1. The van der Waals surface area contributed by atoms with E-state index in [2.05, 4.69) is 10.1 Å². The Labute approximate surface area is 223 Å². The average Bonchev–Trinajstić information content (AvgIpc) is 3.37. The highest BCUT2D eigenvalue weighted by Crippen LogP contribution is 2.44. The van der Waals surface area contributed by atoms with E-state index in [0.717, 1.165) is 54.2 Å². The minimum atomic E-state index is -1.16. The van der Waals surface area contributed by atoms with Crippen LogP contribution in [-0.4, -0.2) is 36.4 Å². The molecule has 3 heterocycles. The Balaban J connectivity index is 1.78. The number of aryl methyl sites for hydroxylation is 3. The molecule has 0 saturated heterocycles. The summed E-state index contributed by atoms with van der Waals surface area (Å²) >= 11 is 7.68. The number of rotatable bonds is 5. The van der Waals surface area contributed by atoms with Crippen LogP contribution in [-0.2, 0) is 16.6 Å². The van der Waals surface area contributed by atoms with Crippen LogP contribution in [0.1, 0.15) is 43.7 Å². The second-order valence-corrected chi connectivity index (χ2v) is 11.5. The van der Waals surface area contributed by atoms with Gasteiger partial charge in [-0.25, -0.2) is 9.78 Å². The predicted octanol–water partition coefficient (Wildman–Crippen LogP) is 7.12. The highest BCUT2D eigenvalue weighted by Gasteiger charge is 2.32. The van der Waals surface area contributed by atoms with Crippen molar-refractivity contribution in [3.8, 4) is 21.8 Å². The van der Waals surface area contributed by atoms with E-state index in [1.807, 2.05) is 76.8 Å². The zero-order valence-corrected chi connectivity index (χ0v) is 23.0. The fourth-order valence-corrected chi connectivity index (χ4v) is 5.81. The maximum Gasteiger partial charge on any atom is 0.337 e. The number of hydrogen-bond acceptors (Lipinski definition) is 6. The molecular formula is C28H27ClN4O3S. The van der Waals surface area contributed by atoms with Crippen molar-refractivity contribution in [3.05, 3.63) is 64.4 Å². The van der Waals surface area contributed by atoms with Crippen molar-refractivity contribution in [2.45, 2.75) is 46.3 Å². The molecule has 0 spiro atoms. The first-order chi connectivity index (χ1) is 17.4. The van der Waals surface area contributed by atoms with E-state index in [1.165, 1.54) is 11.3 Å². The summed E-state index contributed by atoms with van der Waals surface area (Å²) in [6, 6.07) is 11.3. The van der Waals surface area contributed by atoms with Crippen LogP contribution in [0.5, 0.6) is 0 Å². The van der Waals surface area contributed by atoms with E-state index in [9.17, 15) is 9.90 Å². The first kappa shape index (κ1) is 25.3. The van der Waals surface area contributed by atoms with Gasteiger partial charge in [-0.1, -0.05) is 23.7 Å². The third kappa shape index (κ3) is 4.72. The fraction of sp³-hybridized carbons (Fsp3) is 0.286. The lowest BCUT2D eigenvalue weighted by Crippen LogP contribution is -2.28. The summed E-state index contributed by atoms with van der Waals surface area (Å²) in [6.07, 6.45) is 0.652. The van der Waals surface area contributed by atoms with Crippen molar-refractivity contribution in [2.75, 3.05) is 0 Å². The highest BCUT2D eigenvalue weighted by atomic mass is 35.5. The molecule has 190 valence electrons. The molecule has 37 heavy (non-hydrogen) atoms. The van der Waals surface area contributed by atoms with Crippen molar-refractivity contribution in [1.29, 1.82) is 0 Å². The van der Waals surface area contributed by atoms with E-state index in [4.69, 9.17) is 21.3 Å². The molecular weight excluding hydrogens is 508 g/mol. The quantitative estimate of drug-likeness (QED) is 0.258. The number of carboxylic acids is 1. The zero-order chi connectivity index (χ0) is 26.6. The van der Waals surface area contributed by atoms with Crippen LogP contribution in [0.25, 0.3) is 42.9 Å². The lowest BCUT2D eigenvalue weighted by molar-refractivity contribution is -0.160. The Morgan fingerprint density at radius 3 is 2.51 bits per heavy atom. The maximum atomic E-state index is 12.5. The number of ether oxygens (including phenoxy) is 1. The second kappa shape index (κ2) is 9.20. The minimum absolute atomic E-state index is 0.601. The fourth-order valence-electron chi connectivity index (χ4n) is 4.59. The number of aromatic nitrogens is 4. The molecule has 5 rings (SSSR count). The summed E-state index contributed by atoms with van der Waals surface area (Å²) < 4.78 is 8.77. The summed E-state index contributed by atoms with van der Waals surface area (Å²) in [6.45, 7) is 9.43. The molecule has 5 aromatic rings. The monoisotopic (exact) mass is 534 g/mol. The van der Waals surface area contributed by atoms with Crippen LogP contribution < -0.4 is 0 Å². The lowest BCUT2D eigenvalue weighted by atomic mass is 9.91. The molecule has 0 saturated carbocycles. The van der Waals surface area contributed by atoms with Gasteiger partial charge in [0.15, 0.2) is 6.10 Å². The Morgan fingerprint density at radius 1 is 1.16 bits per heavy atom. The predicted molar refractivity (Wildman–Crippen MR) is 148 cm³/mol. The van der Waals surface area contributed by atoms with Crippen molar-refractivity contribution in [3.63, 3.8) is 0 Å². The van der Waals surface area contributed by atoms with E-state index in [1.54, 1.807) is 12.1 Å². The van der Waals surface area contributed by atoms with Gasteiger partial charge in [0.2, 0.25) is 0 Å². The molecule has 0 aliphatic carbocycles. The molecule has 0 amide bonds. The van der Waals surface area contributed by atoms with Gasteiger partial charge in [0.25, 0.3) is 0 Å². The van der Waals surface area contributed by atoms with Gasteiger partial charge in [-0.15, -0.1) is 11.3 Å². The van der Waals surface area contributed by atoms with Gasteiger partial charge in [-0.3, -0.25) is 9.67 Å². The highest BCUT2D eigenvalue weighted by molar-refractivity contribution is 7.22. The van der Waals surface area contributed by atoms with Crippen molar-refractivity contribution in [1.82, 2.24) is 19.7 Å². The first-order valence-corrected chi connectivity index (χ1v) is 13.0. The standard InChI is InChI=1S/C28H27ClN4O3S/c1-14-11-19-25(37-26(31-19)20-12-18-15(2)32-33(6)21(18)13-30-20)23(16-7-9-17(29)10-8-16)22(14)24(27(34)35)36-28(3,4)5/h7-13,24H,1-6H3,(H,34,35). The summed E-state index contributed by atoms with van der Waals surface area (Å²) in [5.74, 6) is -1.04. The number of nitrogens with zero attached hydrogens (tertiary/aromatic N) is 4. The number of carboxylic acid groups (broad SMARTS) is 1. The van der Waals surface area contributed by atoms with E-state index in [0.29, 0.717) is 10.6 Å². The molecule has 0 aliphatic heterocycles. The Morgan fingerprint density at radius 2 is 1.86 bits per heavy atom. The van der Waals surface area contributed by atoms with Crippen LogP contribution in [0.2, 0.25) is 5.02 Å². The van der Waals surface area contributed by atoms with E-state index < -0.39 is 17.7 Å². The third-order valence-electron chi connectivity index (χ3n) is 6.16. The van der Waals surface area contributed by atoms with Crippen molar-refractivity contribution in [2.24, 2.45) is 7.05 Å². The normalized spacial score (nSPS) is 12.9. The Hall–Kier alpha value is -3.33. The number of fused-ring (bicyclic) bond motifs is 2. The number of benzene rings is 2. The number of pyridine rings is 1. The molecule has 3 aromatic heterocycles. The van der Waals surface area contributed by atoms with Gasteiger partial charge >= 0.3 is 5.97 Å². The Kier molecular flexibility index (Phi) is 6.30. The maximum absolute atomic E-state index is 12.5. The van der Waals surface area contributed by atoms with E-state index >= 15 is 0 Å². The topological polar surface area (TPSA) is 90.1 Å². The average molecular weight is 535 g/mol. The van der Waals surface area contributed by atoms with Gasteiger partial charge < -0.3 is 9.84 Å². The smallest absolute Gasteiger partial charge is 0.337 e. The van der Waals surface area contributed by atoms with Gasteiger partial charge in [-0.2, -0.15) is 5.10 Å². The van der Waals surface area contributed by atoms with Gasteiger partial charge in [0, 0.05) is 28.6 Å². The number of halogens is 1. The summed E-state index contributed by atoms with van der Waals surface area (Å²) in [5.41, 5.74) is 5.75. The third-order valence-corrected chi connectivity index (χ3v) is 7.52. The Bertz CT molecular complexity index is 1670. The van der Waals surface area contributed by atoms with Gasteiger partial charge in [-0.05, 0) is 70.0 Å². The van der Waals surface area contributed by atoms with Crippen LogP contribution >= 0.6 is 22.9 Å². The molecule has 2 aromatic carbocycles.